The Kier molecular flexibility index (Phi) is 17.8. The first-order valence-corrected chi connectivity index (χ1v) is 43.5. The molecule has 110 heavy (non-hydrogen) atoms. The highest BCUT2D eigenvalue weighted by Crippen LogP contribution is 2.51. The minimum Gasteiger partial charge on any atom is -0.312 e. The molecule has 8 heteroatoms. The van der Waals surface area contributed by atoms with Crippen LogP contribution in [0.5, 0.6) is 0 Å². The van der Waals surface area contributed by atoms with Gasteiger partial charge in [0.15, 0.2) is 16.1 Å². The third kappa shape index (κ3) is 11.8. The molecule has 14 aromatic rings. The molecule has 0 aliphatic carbocycles. The summed E-state index contributed by atoms with van der Waals surface area (Å²) in [5.41, 5.74) is 26.0. The molecule has 0 saturated carbocycles. The van der Waals surface area contributed by atoms with E-state index >= 15 is 0 Å². The lowest BCUT2D eigenvalue weighted by Gasteiger charge is -2.51. The number of halogens is 1. The number of hydrogen-bond acceptors (Lipinski definition) is 4. The van der Waals surface area contributed by atoms with Crippen molar-refractivity contribution in [3.63, 3.8) is 0 Å². The Morgan fingerprint density at radius 2 is 0.645 bits per heavy atom. The molecule has 4 aliphatic rings. The van der Waals surface area contributed by atoms with Gasteiger partial charge in [-0.15, -0.1) is 0 Å². The molecule has 4 nitrogen and oxygen atoms in total. The summed E-state index contributed by atoms with van der Waals surface area (Å²) in [6, 6.07) is 124. The van der Waals surface area contributed by atoms with Crippen LogP contribution in [0.4, 0.5) is 68.2 Å². The molecule has 0 unspecified atom stereocenters. The second kappa shape index (κ2) is 27.3. The molecular weight excluding hydrogens is 1380 g/mol. The summed E-state index contributed by atoms with van der Waals surface area (Å²) in [6.45, 7) is 32.0. The van der Waals surface area contributed by atoms with Gasteiger partial charge in [-0.2, -0.15) is 0 Å². The van der Waals surface area contributed by atoms with E-state index in [0.29, 0.717) is 5.02 Å². The van der Waals surface area contributed by atoms with Gasteiger partial charge < -0.3 is 19.6 Å². The SMILES string of the molecule is Cc1cc(N(c2ccc(C(C)(C)C)cc2)c2ccc(C(C)(C)C)cc2)c(Cl)c(N2c3ccccc3[Si](c3ccccc3)(c3ccccc3)c3ccccc32)c1.Cc1cc2c3c(c1)N1c4ccccc4[Si](c4ccccc4)(c4ccccc4)c4cccc(c41)B3c1cc(C(C)(C)C)ccc1N2c1ccc(C(C)(C)C)cc1. The fourth-order valence-electron chi connectivity index (χ4n) is 18.3. The van der Waals surface area contributed by atoms with Crippen LogP contribution in [0.15, 0.2) is 328 Å². The summed E-state index contributed by atoms with van der Waals surface area (Å²) >= 11 is 7.88. The molecule has 4 aliphatic heterocycles. The van der Waals surface area contributed by atoms with Crippen LogP contribution in [0, 0.1) is 13.8 Å². The Balaban J connectivity index is 0.000000160. The van der Waals surface area contributed by atoms with Crippen molar-refractivity contribution in [2.24, 2.45) is 0 Å². The monoisotopic (exact) mass is 1480 g/mol. The highest BCUT2D eigenvalue weighted by molar-refractivity contribution is 7.22. The zero-order valence-electron chi connectivity index (χ0n) is 65.9. The topological polar surface area (TPSA) is 13.0 Å². The summed E-state index contributed by atoms with van der Waals surface area (Å²) < 4.78 is 0. The summed E-state index contributed by atoms with van der Waals surface area (Å²) in [4.78, 5) is 9.95. The minimum absolute atomic E-state index is 0.00302. The van der Waals surface area contributed by atoms with E-state index in [0.717, 1.165) is 39.7 Å². The van der Waals surface area contributed by atoms with Gasteiger partial charge in [-0.3, -0.25) is 0 Å². The fourth-order valence-corrected chi connectivity index (χ4v) is 28.8. The first kappa shape index (κ1) is 72.0. The molecule has 18 rings (SSSR count). The number of nitrogens with zero attached hydrogens (tertiary/aromatic N) is 4. The molecule has 0 atom stereocenters. The van der Waals surface area contributed by atoms with Crippen LogP contribution in [-0.2, 0) is 21.7 Å². The third-order valence-electron chi connectivity index (χ3n) is 23.6. The van der Waals surface area contributed by atoms with Gasteiger partial charge in [-0.05, 0) is 212 Å². The number of anilines is 12. The summed E-state index contributed by atoms with van der Waals surface area (Å²) in [5, 5.41) is 11.8. The average molecular weight is 1480 g/mol. The van der Waals surface area contributed by atoms with Gasteiger partial charge in [0.25, 0.3) is 6.71 Å². The van der Waals surface area contributed by atoms with Gasteiger partial charge in [0.1, 0.15) is 0 Å². The highest BCUT2D eigenvalue weighted by Gasteiger charge is 2.54. The molecule has 4 heterocycles. The number of benzene rings is 14. The van der Waals surface area contributed by atoms with Crippen molar-refractivity contribution < 1.29 is 0 Å². The van der Waals surface area contributed by atoms with Crippen molar-refractivity contribution in [1.29, 1.82) is 0 Å². The van der Waals surface area contributed by atoms with Crippen LogP contribution in [0.2, 0.25) is 5.02 Å². The average Bonchev–Trinajstić information content (AvgIpc) is 0.678. The van der Waals surface area contributed by atoms with Crippen LogP contribution < -0.4 is 77.5 Å². The first-order chi connectivity index (χ1) is 52.9. The molecular formula is C102H96BClN4Si2. The van der Waals surface area contributed by atoms with Gasteiger partial charge in [0.05, 0.1) is 16.4 Å². The number of hydrogen-bond donors (Lipinski definition) is 0. The number of fused-ring (bicyclic) bond motifs is 8. The molecule has 0 aromatic heterocycles. The molecule has 0 radical (unpaired) electrons. The highest BCUT2D eigenvalue weighted by atomic mass is 35.5. The van der Waals surface area contributed by atoms with E-state index in [1.807, 2.05) is 0 Å². The van der Waals surface area contributed by atoms with Gasteiger partial charge >= 0.3 is 0 Å². The fraction of sp³-hybridized carbons (Fsp3) is 0.176. The van der Waals surface area contributed by atoms with Crippen LogP contribution >= 0.6 is 11.6 Å². The van der Waals surface area contributed by atoms with Crippen LogP contribution in [-0.4, -0.2) is 22.9 Å². The summed E-state index contributed by atoms with van der Waals surface area (Å²) in [7, 11) is -5.54. The van der Waals surface area contributed by atoms with E-state index in [2.05, 4.69) is 444 Å². The molecule has 542 valence electrons. The molecule has 14 aromatic carbocycles. The summed E-state index contributed by atoms with van der Waals surface area (Å²) in [5.74, 6) is 0. The zero-order chi connectivity index (χ0) is 76.4. The van der Waals surface area contributed by atoms with E-state index in [-0.39, 0.29) is 28.4 Å². The normalized spacial score (nSPS) is 14.2. The van der Waals surface area contributed by atoms with Crippen molar-refractivity contribution in [3.8, 4) is 0 Å². The Morgan fingerprint density at radius 1 is 0.291 bits per heavy atom. The van der Waals surface area contributed by atoms with Crippen molar-refractivity contribution in [3.05, 3.63) is 366 Å². The van der Waals surface area contributed by atoms with E-state index in [4.69, 9.17) is 11.6 Å². The first-order valence-electron chi connectivity index (χ1n) is 39.1. The number of para-hydroxylation sites is 4. The predicted octanol–water partition coefficient (Wildman–Crippen LogP) is 20.2. The Morgan fingerprint density at radius 3 is 1.08 bits per heavy atom. The zero-order valence-corrected chi connectivity index (χ0v) is 68.7. The Hall–Kier alpha value is -10.9. The van der Waals surface area contributed by atoms with Gasteiger partial charge in [0, 0.05) is 56.9 Å². The van der Waals surface area contributed by atoms with Crippen LogP contribution in [0.25, 0.3) is 0 Å². The smallest absolute Gasteiger partial charge is 0.252 e. The quantitative estimate of drug-likeness (QED) is 0.134. The van der Waals surface area contributed by atoms with E-state index in [9.17, 15) is 0 Å². The molecule has 0 saturated heterocycles. The largest absolute Gasteiger partial charge is 0.312 e. The maximum Gasteiger partial charge on any atom is 0.252 e. The van der Waals surface area contributed by atoms with Crippen LogP contribution in [0.1, 0.15) is 116 Å². The van der Waals surface area contributed by atoms with Gasteiger partial charge in [0.2, 0.25) is 0 Å². The van der Waals surface area contributed by atoms with Crippen molar-refractivity contribution in [2.45, 2.75) is 119 Å². The molecule has 0 fully saturated rings. The standard InChI is InChI=1S/C51H47BN2Si.C51H49ClN2Si/c1-34-31-44-48-45(32-34)54-43-22-14-15-23-46(43)55(38-17-10-8-11-18-38,39-19-12-9-13-20-39)47-24-16-21-40(49(47)54)52(48)41-33-36(51(5,6)7)27-30-42(41)53(44)37-28-25-35(26-29-37)50(2,3)4;1-36-34-45(53(39-30-26-37(27-31-39)50(2,3)4)40-32-28-38(29-33-40)51(5,6)7)49(52)46(35-36)54-43-22-14-16-24-47(43)55(41-18-10-8-11-19-41,42-20-12-9-13-21-42)48-25-17-15-23-44(48)54/h8-33H,1-7H3;8-35H,1-7H3. The van der Waals surface area contributed by atoms with Gasteiger partial charge in [-0.25, -0.2) is 0 Å². The lowest BCUT2D eigenvalue weighted by atomic mass is 9.33. The maximum atomic E-state index is 7.88. The lowest BCUT2D eigenvalue weighted by molar-refractivity contribution is 0.590. The molecule has 0 spiro atoms. The molecule has 0 amide bonds. The predicted molar refractivity (Wildman–Crippen MR) is 480 cm³/mol. The van der Waals surface area contributed by atoms with Crippen molar-refractivity contribution >= 4 is 161 Å². The van der Waals surface area contributed by atoms with Crippen LogP contribution in [0.3, 0.4) is 0 Å². The summed E-state index contributed by atoms with van der Waals surface area (Å²) in [6.07, 6.45) is 0. The van der Waals surface area contributed by atoms with E-state index < -0.39 is 16.1 Å². The Labute approximate surface area is 660 Å². The Bertz CT molecular complexity index is 5630. The molecule has 0 N–H and O–H groups in total. The maximum absolute atomic E-state index is 7.88. The third-order valence-corrected chi connectivity index (χ3v) is 33.7. The van der Waals surface area contributed by atoms with Crippen molar-refractivity contribution in [1.82, 2.24) is 0 Å². The number of aryl methyl sites for hydroxylation is 2. The van der Waals surface area contributed by atoms with E-state index in [1.54, 1.807) is 0 Å². The van der Waals surface area contributed by atoms with E-state index in [1.165, 1.54) is 120 Å². The molecule has 0 bridgehead atoms. The number of rotatable bonds is 9. The van der Waals surface area contributed by atoms with Gasteiger partial charge in [-0.1, -0.05) is 337 Å². The minimum atomic E-state index is -2.78. The second-order valence-electron chi connectivity index (χ2n) is 34.8. The second-order valence-corrected chi connectivity index (χ2v) is 42.6. The lowest BCUT2D eigenvalue weighted by Crippen LogP contribution is -2.79. The van der Waals surface area contributed by atoms with Crippen molar-refractivity contribution in [2.75, 3.05) is 19.6 Å².